The molecule has 2 aromatic rings. The maximum atomic E-state index is 12.2. The molecule has 27 heavy (non-hydrogen) atoms. The van der Waals surface area contributed by atoms with Gasteiger partial charge in [-0.1, -0.05) is 54.6 Å². The summed E-state index contributed by atoms with van der Waals surface area (Å²) in [6.45, 7) is 0.698. The molecule has 0 radical (unpaired) electrons. The van der Waals surface area contributed by atoms with Crippen LogP contribution in [0.4, 0.5) is 0 Å². The third kappa shape index (κ3) is 6.74. The third-order valence-electron chi connectivity index (χ3n) is 3.61. The molecule has 2 amide bonds. The Morgan fingerprint density at radius 3 is 2.07 bits per heavy atom. The zero-order valence-electron chi connectivity index (χ0n) is 14.9. The number of nitrogens with one attached hydrogen (secondary N) is 2. The van der Waals surface area contributed by atoms with Gasteiger partial charge in [0.1, 0.15) is 0 Å². The molecule has 0 unspecified atom stereocenters. The molecule has 0 saturated heterocycles. The van der Waals surface area contributed by atoms with E-state index < -0.39 is 24.4 Å². The molecule has 0 aromatic heterocycles. The standard InChI is InChI=1S/C20H20N2O5/c1-14(23)21-22-19(25)13-27-20(26)12-11-18(24)17-9-7-16(8-10-17)15-5-3-2-4-6-15/h2-10H,11-13H2,1H3,(H,21,23)(H,22,25). The number of esters is 1. The fourth-order valence-corrected chi connectivity index (χ4v) is 2.25. The molecule has 0 saturated carbocycles. The molecule has 2 N–H and O–H groups in total. The highest BCUT2D eigenvalue weighted by Gasteiger charge is 2.12. The largest absolute Gasteiger partial charge is 0.455 e. The zero-order chi connectivity index (χ0) is 19.6. The summed E-state index contributed by atoms with van der Waals surface area (Å²) in [5.74, 6) is -1.96. The van der Waals surface area contributed by atoms with Crippen molar-refractivity contribution >= 4 is 23.6 Å². The van der Waals surface area contributed by atoms with E-state index in [-0.39, 0.29) is 18.6 Å². The molecule has 0 aliphatic rings. The Kier molecular flexibility index (Phi) is 7.25. The molecule has 2 rings (SSSR count). The van der Waals surface area contributed by atoms with Crippen LogP contribution in [0.3, 0.4) is 0 Å². The fourth-order valence-electron chi connectivity index (χ4n) is 2.25. The van der Waals surface area contributed by atoms with Gasteiger partial charge in [-0.3, -0.25) is 30.0 Å². The lowest BCUT2D eigenvalue weighted by Crippen LogP contribution is -2.42. The highest BCUT2D eigenvalue weighted by Crippen LogP contribution is 2.19. The predicted molar refractivity (Wildman–Crippen MR) is 98.4 cm³/mol. The summed E-state index contributed by atoms with van der Waals surface area (Å²) in [4.78, 5) is 45.7. The van der Waals surface area contributed by atoms with Crippen LogP contribution in [-0.4, -0.2) is 30.2 Å². The molecule has 0 fully saturated rings. The minimum absolute atomic E-state index is 0.0170. The summed E-state index contributed by atoms with van der Waals surface area (Å²) in [6, 6.07) is 16.9. The van der Waals surface area contributed by atoms with Crippen LogP contribution < -0.4 is 10.9 Å². The number of benzene rings is 2. The fraction of sp³-hybridized carbons (Fsp3) is 0.200. The normalized spacial score (nSPS) is 9.96. The van der Waals surface area contributed by atoms with Crippen LogP contribution in [0.15, 0.2) is 54.6 Å². The van der Waals surface area contributed by atoms with Crippen LogP contribution in [0.2, 0.25) is 0 Å². The van der Waals surface area contributed by atoms with E-state index >= 15 is 0 Å². The monoisotopic (exact) mass is 368 g/mol. The molecular formula is C20H20N2O5. The Morgan fingerprint density at radius 1 is 0.815 bits per heavy atom. The van der Waals surface area contributed by atoms with Gasteiger partial charge in [0, 0.05) is 18.9 Å². The summed E-state index contributed by atoms with van der Waals surface area (Å²) in [5, 5.41) is 0. The van der Waals surface area contributed by atoms with Crippen LogP contribution >= 0.6 is 0 Å². The Balaban J connectivity index is 1.77. The van der Waals surface area contributed by atoms with Crippen molar-refractivity contribution in [3.05, 3.63) is 60.2 Å². The summed E-state index contributed by atoms with van der Waals surface area (Å²) in [6.07, 6.45) is -0.149. The van der Waals surface area contributed by atoms with Crippen molar-refractivity contribution in [3.63, 3.8) is 0 Å². The lowest BCUT2D eigenvalue weighted by molar-refractivity contribution is -0.148. The molecule has 7 heteroatoms. The first-order chi connectivity index (χ1) is 13.0. The molecule has 2 aromatic carbocycles. The number of amides is 2. The quantitative estimate of drug-likeness (QED) is 0.442. The Bertz CT molecular complexity index is 816. The van der Waals surface area contributed by atoms with Gasteiger partial charge in [0.2, 0.25) is 5.91 Å². The summed E-state index contributed by atoms with van der Waals surface area (Å²) < 4.78 is 4.74. The van der Waals surface area contributed by atoms with Gasteiger partial charge in [-0.05, 0) is 11.1 Å². The average Bonchev–Trinajstić information content (AvgIpc) is 2.69. The number of Topliss-reactive ketones (excluding diaryl/α,β-unsaturated/α-hetero) is 1. The predicted octanol–water partition coefficient (Wildman–Crippen LogP) is 2.03. The van der Waals surface area contributed by atoms with E-state index in [9.17, 15) is 19.2 Å². The number of hydrogen-bond donors (Lipinski definition) is 2. The van der Waals surface area contributed by atoms with Gasteiger partial charge in [0.15, 0.2) is 12.4 Å². The van der Waals surface area contributed by atoms with Crippen molar-refractivity contribution in [1.29, 1.82) is 0 Å². The van der Waals surface area contributed by atoms with Gasteiger partial charge in [-0.25, -0.2) is 0 Å². The van der Waals surface area contributed by atoms with E-state index in [1.807, 2.05) is 42.5 Å². The highest BCUT2D eigenvalue weighted by atomic mass is 16.5. The molecule has 7 nitrogen and oxygen atoms in total. The number of hydrazine groups is 1. The van der Waals surface area contributed by atoms with Crippen LogP contribution in [0.1, 0.15) is 30.1 Å². The number of rotatable bonds is 7. The van der Waals surface area contributed by atoms with Crippen molar-refractivity contribution in [3.8, 4) is 11.1 Å². The minimum atomic E-state index is -0.665. The van der Waals surface area contributed by atoms with E-state index in [1.165, 1.54) is 6.92 Å². The van der Waals surface area contributed by atoms with Crippen LogP contribution in [0.25, 0.3) is 11.1 Å². The van der Waals surface area contributed by atoms with Crippen molar-refractivity contribution in [1.82, 2.24) is 10.9 Å². The summed E-state index contributed by atoms with van der Waals surface area (Å²) in [7, 11) is 0. The molecule has 0 aliphatic carbocycles. The molecule has 0 heterocycles. The van der Waals surface area contributed by atoms with Crippen molar-refractivity contribution in [2.24, 2.45) is 0 Å². The number of hydrogen-bond acceptors (Lipinski definition) is 5. The van der Waals surface area contributed by atoms with Gasteiger partial charge < -0.3 is 4.74 Å². The molecule has 0 bridgehead atoms. The van der Waals surface area contributed by atoms with Crippen molar-refractivity contribution in [2.45, 2.75) is 19.8 Å². The Hall–Kier alpha value is -3.48. The van der Waals surface area contributed by atoms with Gasteiger partial charge in [-0.15, -0.1) is 0 Å². The van der Waals surface area contributed by atoms with E-state index in [1.54, 1.807) is 12.1 Å². The van der Waals surface area contributed by atoms with Crippen LogP contribution in [0.5, 0.6) is 0 Å². The van der Waals surface area contributed by atoms with Crippen LogP contribution in [0, 0.1) is 0 Å². The lowest BCUT2D eigenvalue weighted by Gasteiger charge is -2.07. The molecule has 140 valence electrons. The second-order valence-electron chi connectivity index (χ2n) is 5.76. The van der Waals surface area contributed by atoms with Gasteiger partial charge >= 0.3 is 5.97 Å². The number of ether oxygens (including phenoxy) is 1. The van der Waals surface area contributed by atoms with Crippen LogP contribution in [-0.2, 0) is 19.1 Å². The zero-order valence-corrected chi connectivity index (χ0v) is 14.9. The number of carbonyl (C=O) groups excluding carboxylic acids is 4. The SMILES string of the molecule is CC(=O)NNC(=O)COC(=O)CCC(=O)c1ccc(-c2ccccc2)cc1. The molecule has 0 atom stereocenters. The topological polar surface area (TPSA) is 102 Å². The highest BCUT2D eigenvalue weighted by molar-refractivity contribution is 5.98. The smallest absolute Gasteiger partial charge is 0.306 e. The maximum Gasteiger partial charge on any atom is 0.306 e. The second kappa shape index (κ2) is 9.86. The Labute approximate surface area is 156 Å². The van der Waals surface area contributed by atoms with Gasteiger partial charge in [0.25, 0.3) is 5.91 Å². The van der Waals surface area contributed by atoms with E-state index in [0.717, 1.165) is 11.1 Å². The second-order valence-corrected chi connectivity index (χ2v) is 5.76. The number of ketones is 1. The third-order valence-corrected chi connectivity index (χ3v) is 3.61. The molecule has 0 aliphatic heterocycles. The van der Waals surface area contributed by atoms with E-state index in [2.05, 4.69) is 10.9 Å². The first-order valence-corrected chi connectivity index (χ1v) is 8.35. The van der Waals surface area contributed by atoms with Crippen molar-refractivity contribution < 1.29 is 23.9 Å². The number of carbonyl (C=O) groups is 4. The average molecular weight is 368 g/mol. The lowest BCUT2D eigenvalue weighted by atomic mass is 10.0. The first kappa shape index (κ1) is 19.8. The molecular weight excluding hydrogens is 348 g/mol. The van der Waals surface area contributed by atoms with Gasteiger partial charge in [0.05, 0.1) is 6.42 Å². The first-order valence-electron chi connectivity index (χ1n) is 8.35. The van der Waals surface area contributed by atoms with E-state index in [4.69, 9.17) is 4.74 Å². The van der Waals surface area contributed by atoms with Gasteiger partial charge in [-0.2, -0.15) is 0 Å². The molecule has 0 spiro atoms. The minimum Gasteiger partial charge on any atom is -0.455 e. The Morgan fingerprint density at radius 2 is 1.44 bits per heavy atom. The maximum absolute atomic E-state index is 12.2. The van der Waals surface area contributed by atoms with Crippen molar-refractivity contribution in [2.75, 3.05) is 6.61 Å². The summed E-state index contributed by atoms with van der Waals surface area (Å²) in [5.41, 5.74) is 6.69. The van der Waals surface area contributed by atoms with E-state index in [0.29, 0.717) is 5.56 Å². The summed E-state index contributed by atoms with van der Waals surface area (Å²) >= 11 is 0.